The number of H-pyrrole nitrogens is 1. The van der Waals surface area contributed by atoms with Gasteiger partial charge in [-0.25, -0.2) is 0 Å². The number of nitrogens with zero attached hydrogens (tertiary/aromatic N) is 1. The summed E-state index contributed by atoms with van der Waals surface area (Å²) < 4.78 is 0. The molecule has 0 bridgehead atoms. The lowest BCUT2D eigenvalue weighted by Crippen LogP contribution is -2.39. The predicted octanol–water partition coefficient (Wildman–Crippen LogP) is 4.83. The van der Waals surface area contributed by atoms with E-state index in [0.29, 0.717) is 10.9 Å². The Hall–Kier alpha value is -2.30. The number of halogens is 1. The van der Waals surface area contributed by atoms with Gasteiger partial charge in [-0.1, -0.05) is 41.9 Å². The highest BCUT2D eigenvalue weighted by Crippen LogP contribution is 2.36. The first-order chi connectivity index (χ1) is 12.6. The van der Waals surface area contributed by atoms with Crippen LogP contribution < -0.4 is 0 Å². The van der Waals surface area contributed by atoms with Gasteiger partial charge in [-0.2, -0.15) is 0 Å². The number of aromatic nitrogens is 1. The molecule has 1 fully saturated rings. The molecule has 0 saturated carbocycles. The van der Waals surface area contributed by atoms with Crippen LogP contribution in [0.25, 0.3) is 10.9 Å². The average molecular weight is 369 g/mol. The lowest BCUT2D eigenvalue weighted by molar-refractivity contribution is -0.144. The molecule has 1 aliphatic rings. The molecule has 1 atom stereocenters. The summed E-state index contributed by atoms with van der Waals surface area (Å²) in [5, 5.41) is 11.6. The van der Waals surface area contributed by atoms with Gasteiger partial charge in [0.25, 0.3) is 0 Å². The van der Waals surface area contributed by atoms with Crippen LogP contribution in [-0.4, -0.2) is 34.0 Å². The molecule has 1 aliphatic heterocycles. The van der Waals surface area contributed by atoms with Crippen molar-refractivity contribution in [1.29, 1.82) is 0 Å². The SMILES string of the molecule is O=C(O)C(c1cccc(Cl)c1)N1CCC(c2c[nH]c3ccccc23)CC1. The number of hydrogen-bond donors (Lipinski definition) is 2. The molecule has 4 rings (SSSR count). The minimum absolute atomic E-state index is 0.455. The van der Waals surface area contributed by atoms with E-state index in [-0.39, 0.29) is 0 Å². The van der Waals surface area contributed by atoms with Crippen molar-refractivity contribution in [2.45, 2.75) is 24.8 Å². The third kappa shape index (κ3) is 3.22. The van der Waals surface area contributed by atoms with Gasteiger partial charge in [0.15, 0.2) is 0 Å². The molecule has 2 N–H and O–H groups in total. The molecule has 3 aromatic rings. The third-order valence-electron chi connectivity index (χ3n) is 5.35. The van der Waals surface area contributed by atoms with Crippen molar-refractivity contribution in [1.82, 2.24) is 9.88 Å². The van der Waals surface area contributed by atoms with Gasteiger partial charge in [-0.15, -0.1) is 0 Å². The second-order valence-corrected chi connectivity index (χ2v) is 7.33. The fourth-order valence-electron chi connectivity index (χ4n) is 4.09. The van der Waals surface area contributed by atoms with Crippen LogP contribution in [0.15, 0.2) is 54.7 Å². The molecule has 4 nitrogen and oxygen atoms in total. The highest BCUT2D eigenvalue weighted by atomic mass is 35.5. The summed E-state index contributed by atoms with van der Waals surface area (Å²) in [6.07, 6.45) is 4.01. The number of carbonyl (C=O) groups is 1. The highest BCUT2D eigenvalue weighted by Gasteiger charge is 2.32. The fraction of sp³-hybridized carbons (Fsp3) is 0.286. The van der Waals surface area contributed by atoms with Gasteiger partial charge in [0, 0.05) is 22.1 Å². The molecule has 5 heteroatoms. The monoisotopic (exact) mass is 368 g/mol. The number of aromatic amines is 1. The zero-order valence-corrected chi connectivity index (χ0v) is 15.1. The van der Waals surface area contributed by atoms with E-state index >= 15 is 0 Å². The summed E-state index contributed by atoms with van der Waals surface area (Å²) in [6.45, 7) is 1.52. The van der Waals surface area contributed by atoms with Gasteiger partial charge < -0.3 is 10.1 Å². The molecule has 1 saturated heterocycles. The number of benzene rings is 2. The van der Waals surface area contributed by atoms with Gasteiger partial charge in [0.2, 0.25) is 0 Å². The van der Waals surface area contributed by atoms with E-state index in [4.69, 9.17) is 11.6 Å². The first-order valence-electron chi connectivity index (χ1n) is 8.92. The van der Waals surface area contributed by atoms with E-state index in [2.05, 4.69) is 34.3 Å². The number of carboxylic acid groups (broad SMARTS) is 1. The minimum Gasteiger partial charge on any atom is -0.480 e. The smallest absolute Gasteiger partial charge is 0.325 e. The van der Waals surface area contributed by atoms with Crippen LogP contribution in [0, 0.1) is 0 Å². The summed E-state index contributed by atoms with van der Waals surface area (Å²) >= 11 is 6.06. The molecule has 0 radical (unpaired) electrons. The van der Waals surface area contributed by atoms with Gasteiger partial charge in [-0.3, -0.25) is 9.69 Å². The standard InChI is InChI=1S/C21H21ClN2O2/c22-16-5-3-4-15(12-16)20(21(25)26)24-10-8-14(9-11-24)18-13-23-19-7-2-1-6-17(18)19/h1-7,12-14,20,23H,8-11H2,(H,25,26). The second kappa shape index (κ2) is 7.14. The molecule has 1 unspecified atom stereocenters. The van der Waals surface area contributed by atoms with Crippen LogP contribution in [0.2, 0.25) is 5.02 Å². The second-order valence-electron chi connectivity index (χ2n) is 6.90. The summed E-state index contributed by atoms with van der Waals surface area (Å²) in [7, 11) is 0. The Labute approximate surface area is 157 Å². The molecule has 134 valence electrons. The van der Waals surface area contributed by atoms with E-state index in [1.165, 1.54) is 10.9 Å². The average Bonchev–Trinajstić information content (AvgIpc) is 3.06. The largest absolute Gasteiger partial charge is 0.480 e. The zero-order chi connectivity index (χ0) is 18.1. The lowest BCUT2D eigenvalue weighted by Gasteiger charge is -2.36. The quantitative estimate of drug-likeness (QED) is 0.693. The molecule has 26 heavy (non-hydrogen) atoms. The van der Waals surface area contributed by atoms with E-state index < -0.39 is 12.0 Å². The van der Waals surface area contributed by atoms with Crippen LogP contribution in [-0.2, 0) is 4.79 Å². The topological polar surface area (TPSA) is 56.3 Å². The van der Waals surface area contributed by atoms with Gasteiger partial charge in [0.05, 0.1) is 0 Å². The Balaban J connectivity index is 1.52. The number of carboxylic acids is 1. The van der Waals surface area contributed by atoms with Crippen LogP contribution >= 0.6 is 11.6 Å². The zero-order valence-electron chi connectivity index (χ0n) is 14.4. The van der Waals surface area contributed by atoms with Crippen molar-refractivity contribution < 1.29 is 9.90 Å². The maximum Gasteiger partial charge on any atom is 0.325 e. The molecule has 0 aliphatic carbocycles. The van der Waals surface area contributed by atoms with Gasteiger partial charge in [0.1, 0.15) is 6.04 Å². The van der Waals surface area contributed by atoms with Gasteiger partial charge >= 0.3 is 5.97 Å². The van der Waals surface area contributed by atoms with Crippen LogP contribution in [0.3, 0.4) is 0 Å². The fourth-order valence-corrected chi connectivity index (χ4v) is 4.29. The number of fused-ring (bicyclic) bond motifs is 1. The minimum atomic E-state index is -0.821. The Bertz CT molecular complexity index is 928. The Morgan fingerprint density at radius 3 is 2.65 bits per heavy atom. The van der Waals surface area contributed by atoms with Crippen LogP contribution in [0.4, 0.5) is 0 Å². The van der Waals surface area contributed by atoms with Crippen molar-refractivity contribution in [2.75, 3.05) is 13.1 Å². The molecular weight excluding hydrogens is 348 g/mol. The molecule has 0 spiro atoms. The highest BCUT2D eigenvalue weighted by molar-refractivity contribution is 6.30. The molecule has 0 amide bonds. The Kier molecular flexibility index (Phi) is 4.70. The molecular formula is C21H21ClN2O2. The first-order valence-corrected chi connectivity index (χ1v) is 9.29. The first kappa shape index (κ1) is 17.1. The van der Waals surface area contributed by atoms with E-state index in [9.17, 15) is 9.90 Å². The summed E-state index contributed by atoms with van der Waals surface area (Å²) in [4.78, 5) is 17.3. The number of hydrogen-bond acceptors (Lipinski definition) is 2. The molecule has 2 aromatic carbocycles. The molecule has 1 aromatic heterocycles. The van der Waals surface area contributed by atoms with Crippen molar-refractivity contribution in [3.63, 3.8) is 0 Å². The number of aliphatic carboxylic acids is 1. The Morgan fingerprint density at radius 1 is 1.15 bits per heavy atom. The number of piperidine rings is 1. The number of para-hydroxylation sites is 1. The summed E-state index contributed by atoms with van der Waals surface area (Å²) in [5.74, 6) is -0.367. The lowest BCUT2D eigenvalue weighted by atomic mass is 9.88. The number of likely N-dealkylation sites (tertiary alicyclic amines) is 1. The normalized spacial score (nSPS) is 17.4. The summed E-state index contributed by atoms with van der Waals surface area (Å²) in [5.41, 5.74) is 3.25. The van der Waals surface area contributed by atoms with Crippen molar-refractivity contribution in [2.24, 2.45) is 0 Å². The number of nitrogens with one attached hydrogen (secondary N) is 1. The molecule has 2 heterocycles. The Morgan fingerprint density at radius 2 is 1.92 bits per heavy atom. The van der Waals surface area contributed by atoms with Crippen LogP contribution in [0.5, 0.6) is 0 Å². The maximum absolute atomic E-state index is 11.9. The predicted molar refractivity (Wildman–Crippen MR) is 104 cm³/mol. The van der Waals surface area contributed by atoms with E-state index in [1.807, 2.05) is 18.2 Å². The van der Waals surface area contributed by atoms with Gasteiger partial charge in [-0.05, 0) is 61.2 Å². The number of rotatable bonds is 4. The maximum atomic E-state index is 11.9. The van der Waals surface area contributed by atoms with E-state index in [1.54, 1.807) is 12.1 Å². The van der Waals surface area contributed by atoms with E-state index in [0.717, 1.165) is 37.0 Å². The summed E-state index contributed by atoms with van der Waals surface area (Å²) in [6, 6.07) is 14.9. The third-order valence-corrected chi connectivity index (χ3v) is 5.59. The van der Waals surface area contributed by atoms with Crippen molar-refractivity contribution >= 4 is 28.5 Å². The van der Waals surface area contributed by atoms with Crippen molar-refractivity contribution in [3.8, 4) is 0 Å². The van der Waals surface area contributed by atoms with Crippen LogP contribution in [0.1, 0.15) is 35.9 Å². The van der Waals surface area contributed by atoms with Crippen molar-refractivity contribution in [3.05, 3.63) is 70.9 Å².